The normalized spacial score (nSPS) is 19.1. The van der Waals surface area contributed by atoms with Crippen LogP contribution in [0, 0.1) is 5.92 Å². The van der Waals surface area contributed by atoms with Gasteiger partial charge in [-0.15, -0.1) is 0 Å². The summed E-state index contributed by atoms with van der Waals surface area (Å²) < 4.78 is 10.6. The van der Waals surface area contributed by atoms with Gasteiger partial charge in [-0.2, -0.15) is 0 Å². The highest BCUT2D eigenvalue weighted by molar-refractivity contribution is 6.10. The average molecular weight is 392 g/mol. The molecule has 2 atom stereocenters. The van der Waals surface area contributed by atoms with Crippen molar-refractivity contribution in [3.05, 3.63) is 71.3 Å². The van der Waals surface area contributed by atoms with E-state index in [2.05, 4.69) is 26.0 Å². The first-order valence-corrected chi connectivity index (χ1v) is 10.1. The predicted molar refractivity (Wildman–Crippen MR) is 114 cm³/mol. The molecule has 1 aliphatic rings. The van der Waals surface area contributed by atoms with Crippen LogP contribution in [0.3, 0.4) is 0 Å². The summed E-state index contributed by atoms with van der Waals surface area (Å²) in [5, 5.41) is 0. The number of ketones is 1. The van der Waals surface area contributed by atoms with Gasteiger partial charge in [-0.25, -0.2) is 0 Å². The molecule has 1 aliphatic carbocycles. The van der Waals surface area contributed by atoms with Crippen LogP contribution < -0.4 is 4.74 Å². The maximum Gasteiger partial charge on any atom is 0.317 e. The van der Waals surface area contributed by atoms with Crippen LogP contribution in [0.4, 0.5) is 0 Å². The Bertz CT molecular complexity index is 909. The standard InChI is InChI=1S/C25H28O4/c1-5-29-25(27)24-22(18-11-9-17(10-12-18)16(2)3)14-20(15-23(24)26)19-7-6-8-21(13-19)28-4/h6-13,15-16,22,24H,5,14H2,1-4H3/t22-,24+/m1/s1. The first-order valence-electron chi connectivity index (χ1n) is 10.1. The smallest absolute Gasteiger partial charge is 0.317 e. The van der Waals surface area contributed by atoms with Gasteiger partial charge in [0.2, 0.25) is 0 Å². The molecule has 0 radical (unpaired) electrons. The summed E-state index contributed by atoms with van der Waals surface area (Å²) in [5.74, 6) is -0.559. The zero-order valence-electron chi connectivity index (χ0n) is 17.5. The summed E-state index contributed by atoms with van der Waals surface area (Å²) in [6.45, 7) is 6.30. The number of carbonyl (C=O) groups excluding carboxylic acids is 2. The minimum atomic E-state index is -0.811. The van der Waals surface area contributed by atoms with Crippen LogP contribution in [-0.4, -0.2) is 25.5 Å². The van der Waals surface area contributed by atoms with Gasteiger partial charge in [-0.05, 0) is 59.7 Å². The van der Waals surface area contributed by atoms with Gasteiger partial charge in [-0.3, -0.25) is 9.59 Å². The second-order valence-corrected chi connectivity index (χ2v) is 7.67. The third-order valence-electron chi connectivity index (χ3n) is 5.48. The van der Waals surface area contributed by atoms with Crippen LogP contribution in [0.2, 0.25) is 0 Å². The molecule has 3 rings (SSSR count). The van der Waals surface area contributed by atoms with Gasteiger partial charge in [0, 0.05) is 5.92 Å². The van der Waals surface area contributed by atoms with Gasteiger partial charge in [0.1, 0.15) is 11.7 Å². The van der Waals surface area contributed by atoms with E-state index in [-0.39, 0.29) is 18.3 Å². The van der Waals surface area contributed by atoms with Gasteiger partial charge >= 0.3 is 5.97 Å². The predicted octanol–water partition coefficient (Wildman–Crippen LogP) is 5.14. The van der Waals surface area contributed by atoms with Crippen LogP contribution in [0.25, 0.3) is 5.57 Å². The van der Waals surface area contributed by atoms with E-state index in [0.717, 1.165) is 22.4 Å². The third kappa shape index (κ3) is 4.58. The Morgan fingerprint density at radius 3 is 2.48 bits per heavy atom. The lowest BCUT2D eigenvalue weighted by atomic mass is 9.73. The molecule has 29 heavy (non-hydrogen) atoms. The van der Waals surface area contributed by atoms with Crippen molar-refractivity contribution >= 4 is 17.3 Å². The van der Waals surface area contributed by atoms with E-state index in [1.807, 2.05) is 36.4 Å². The van der Waals surface area contributed by atoms with Crippen LogP contribution in [0.5, 0.6) is 5.75 Å². The molecule has 0 unspecified atom stereocenters. The summed E-state index contributed by atoms with van der Waals surface area (Å²) in [4.78, 5) is 25.6. The molecule has 0 saturated carbocycles. The molecule has 0 aromatic heterocycles. The number of esters is 1. The number of allylic oxidation sites excluding steroid dienone is 2. The van der Waals surface area contributed by atoms with Gasteiger partial charge in [0.05, 0.1) is 13.7 Å². The molecule has 0 bridgehead atoms. The highest BCUT2D eigenvalue weighted by Crippen LogP contribution is 2.41. The lowest BCUT2D eigenvalue weighted by molar-refractivity contribution is -0.151. The van der Waals surface area contributed by atoms with Crippen molar-refractivity contribution in [2.45, 2.75) is 39.0 Å². The Hall–Kier alpha value is -2.88. The number of rotatable bonds is 6. The average Bonchev–Trinajstić information content (AvgIpc) is 2.73. The summed E-state index contributed by atoms with van der Waals surface area (Å²) in [5.41, 5.74) is 4.05. The molecule has 0 N–H and O–H groups in total. The van der Waals surface area contributed by atoms with Gasteiger partial charge in [0.15, 0.2) is 5.78 Å². The molecule has 0 spiro atoms. The summed E-state index contributed by atoms with van der Waals surface area (Å²) in [6.07, 6.45) is 2.18. The molecular weight excluding hydrogens is 364 g/mol. The molecule has 2 aromatic rings. The highest BCUT2D eigenvalue weighted by atomic mass is 16.5. The van der Waals surface area contributed by atoms with Crippen LogP contribution >= 0.6 is 0 Å². The molecule has 0 amide bonds. The molecule has 4 heteroatoms. The Morgan fingerprint density at radius 2 is 1.86 bits per heavy atom. The van der Waals surface area contributed by atoms with Crippen molar-refractivity contribution in [1.29, 1.82) is 0 Å². The maximum absolute atomic E-state index is 13.0. The Kier molecular flexibility index (Phi) is 6.53. The lowest BCUT2D eigenvalue weighted by Gasteiger charge is -2.29. The zero-order valence-corrected chi connectivity index (χ0v) is 17.5. The summed E-state index contributed by atoms with van der Waals surface area (Å²) in [7, 11) is 1.62. The highest BCUT2D eigenvalue weighted by Gasteiger charge is 2.39. The maximum atomic E-state index is 13.0. The van der Waals surface area contributed by atoms with Gasteiger partial charge in [-0.1, -0.05) is 50.2 Å². The van der Waals surface area contributed by atoms with E-state index in [4.69, 9.17) is 9.47 Å². The Balaban J connectivity index is 2.01. The van der Waals surface area contributed by atoms with Crippen molar-refractivity contribution in [2.75, 3.05) is 13.7 Å². The van der Waals surface area contributed by atoms with Gasteiger partial charge < -0.3 is 9.47 Å². The minimum Gasteiger partial charge on any atom is -0.497 e. The number of ether oxygens (including phenoxy) is 2. The first kappa shape index (κ1) is 20.8. The Morgan fingerprint density at radius 1 is 1.14 bits per heavy atom. The number of carbonyl (C=O) groups is 2. The van der Waals surface area contributed by atoms with E-state index in [9.17, 15) is 9.59 Å². The SMILES string of the molecule is CCOC(=O)[C@@H]1C(=O)C=C(c2cccc(OC)c2)C[C@@H]1c1ccc(C(C)C)cc1. The second-order valence-electron chi connectivity index (χ2n) is 7.67. The Labute approximate surface area is 172 Å². The quantitative estimate of drug-likeness (QED) is 0.505. The molecule has 0 aliphatic heterocycles. The molecule has 0 heterocycles. The number of hydrogen-bond donors (Lipinski definition) is 0. The molecule has 0 fully saturated rings. The molecule has 4 nitrogen and oxygen atoms in total. The molecule has 152 valence electrons. The van der Waals surface area contributed by atoms with E-state index in [1.165, 1.54) is 5.56 Å². The number of hydrogen-bond acceptors (Lipinski definition) is 4. The zero-order chi connectivity index (χ0) is 21.0. The number of methoxy groups -OCH3 is 1. The topological polar surface area (TPSA) is 52.6 Å². The fourth-order valence-electron chi connectivity index (χ4n) is 3.85. The fourth-order valence-corrected chi connectivity index (χ4v) is 3.85. The van der Waals surface area contributed by atoms with Gasteiger partial charge in [0.25, 0.3) is 0 Å². The largest absolute Gasteiger partial charge is 0.497 e. The second kappa shape index (κ2) is 9.08. The van der Waals surface area contributed by atoms with Crippen LogP contribution in [0.15, 0.2) is 54.6 Å². The van der Waals surface area contributed by atoms with Crippen molar-refractivity contribution in [1.82, 2.24) is 0 Å². The third-order valence-corrected chi connectivity index (χ3v) is 5.48. The monoisotopic (exact) mass is 392 g/mol. The van der Waals surface area contributed by atoms with Crippen LogP contribution in [-0.2, 0) is 14.3 Å². The van der Waals surface area contributed by atoms with E-state index < -0.39 is 11.9 Å². The van der Waals surface area contributed by atoms with Crippen molar-refractivity contribution in [2.24, 2.45) is 5.92 Å². The van der Waals surface area contributed by atoms with Crippen molar-refractivity contribution in [3.8, 4) is 5.75 Å². The summed E-state index contributed by atoms with van der Waals surface area (Å²) >= 11 is 0. The molecule has 2 aromatic carbocycles. The van der Waals surface area contributed by atoms with E-state index in [0.29, 0.717) is 12.3 Å². The molecular formula is C25H28O4. The van der Waals surface area contributed by atoms with Crippen molar-refractivity contribution in [3.63, 3.8) is 0 Å². The first-order chi connectivity index (χ1) is 13.9. The van der Waals surface area contributed by atoms with E-state index >= 15 is 0 Å². The number of benzene rings is 2. The lowest BCUT2D eigenvalue weighted by Crippen LogP contribution is -2.34. The van der Waals surface area contributed by atoms with Crippen molar-refractivity contribution < 1.29 is 19.1 Å². The minimum absolute atomic E-state index is 0.203. The van der Waals surface area contributed by atoms with E-state index in [1.54, 1.807) is 20.1 Å². The van der Waals surface area contributed by atoms with Crippen LogP contribution in [0.1, 0.15) is 55.7 Å². The molecule has 0 saturated heterocycles. The summed E-state index contributed by atoms with van der Waals surface area (Å²) in [6, 6.07) is 15.9. The fraction of sp³-hybridized carbons (Fsp3) is 0.360.